The van der Waals surface area contributed by atoms with Crippen LogP contribution in [0.2, 0.25) is 0 Å². The Labute approximate surface area is 166 Å². The van der Waals surface area contributed by atoms with Crippen molar-refractivity contribution >= 4 is 10.0 Å². The third-order valence-corrected chi connectivity index (χ3v) is 5.16. The number of primary sulfonamides is 1. The van der Waals surface area contributed by atoms with Crippen molar-refractivity contribution in [1.82, 2.24) is 4.98 Å². The van der Waals surface area contributed by atoms with Gasteiger partial charge in [-0.15, -0.1) is 0 Å². The average Bonchev–Trinajstić information content (AvgIpc) is 2.72. The van der Waals surface area contributed by atoms with Gasteiger partial charge < -0.3 is 4.74 Å². The summed E-state index contributed by atoms with van der Waals surface area (Å²) in [5.41, 5.74) is 2.04. The number of rotatable bonds is 5. The molecular formula is C20H15F2N3O3S. The highest BCUT2D eigenvalue weighted by molar-refractivity contribution is 7.89. The molecule has 0 aliphatic carbocycles. The quantitative estimate of drug-likeness (QED) is 0.681. The number of alkyl halides is 2. The lowest BCUT2D eigenvalue weighted by molar-refractivity contribution is 0.151. The summed E-state index contributed by atoms with van der Waals surface area (Å²) in [4.78, 5) is 4.32. The van der Waals surface area contributed by atoms with Gasteiger partial charge in [0, 0.05) is 16.7 Å². The molecule has 0 unspecified atom stereocenters. The van der Waals surface area contributed by atoms with Gasteiger partial charge in [-0.05, 0) is 23.8 Å². The minimum Gasteiger partial charge on any atom is -0.480 e. The highest BCUT2D eigenvalue weighted by atomic mass is 32.2. The Morgan fingerprint density at radius 3 is 2.14 bits per heavy atom. The first-order valence-corrected chi connectivity index (χ1v) is 9.80. The lowest BCUT2D eigenvalue weighted by Crippen LogP contribution is -2.11. The van der Waals surface area contributed by atoms with Gasteiger partial charge in [0.2, 0.25) is 15.9 Å². The third kappa shape index (κ3) is 4.23. The number of benzene rings is 2. The average molecular weight is 415 g/mol. The first-order chi connectivity index (χ1) is 13.7. The van der Waals surface area contributed by atoms with Crippen LogP contribution >= 0.6 is 0 Å². The molecule has 2 aromatic carbocycles. The number of ether oxygens (including phenoxy) is 1. The summed E-state index contributed by atoms with van der Waals surface area (Å²) in [6.07, 6.45) is -2.60. The lowest BCUT2D eigenvalue weighted by Gasteiger charge is -2.13. The molecule has 0 aliphatic rings. The molecule has 3 rings (SSSR count). The largest absolute Gasteiger partial charge is 0.480 e. The van der Waals surface area contributed by atoms with Crippen LogP contribution in [0.4, 0.5) is 8.78 Å². The summed E-state index contributed by atoms with van der Waals surface area (Å²) in [5, 5.41) is 14.5. The molecule has 6 nitrogen and oxygen atoms in total. The number of hydrogen-bond donors (Lipinski definition) is 1. The molecule has 0 fully saturated rings. The van der Waals surface area contributed by atoms with Gasteiger partial charge in [-0.25, -0.2) is 27.3 Å². The predicted octanol–water partition coefficient (Wildman–Crippen LogP) is 3.88. The molecule has 148 valence electrons. The SMILES string of the molecule is COc1nc(-c2ccc(C(F)F)cc2)c(-c2ccc(S(N)(=O)=O)cc2)cc1C#N. The number of pyridine rings is 1. The Balaban J connectivity index is 2.21. The standard InChI is InChI=1S/C20H15F2N3O3S/c1-28-20-15(11-23)10-17(12-6-8-16(9-7-12)29(24,26)27)18(25-20)13-2-4-14(5-3-13)19(21)22/h2-10,19H,1H3,(H2,24,26,27). The van der Waals surface area contributed by atoms with Crippen LogP contribution < -0.4 is 9.88 Å². The fourth-order valence-corrected chi connectivity index (χ4v) is 3.30. The third-order valence-electron chi connectivity index (χ3n) is 4.23. The maximum Gasteiger partial charge on any atom is 0.263 e. The van der Waals surface area contributed by atoms with Crippen LogP contribution in [0.25, 0.3) is 22.4 Å². The van der Waals surface area contributed by atoms with Crippen molar-refractivity contribution < 1.29 is 21.9 Å². The van der Waals surface area contributed by atoms with Crippen LogP contribution in [0.1, 0.15) is 17.6 Å². The second-order valence-electron chi connectivity index (χ2n) is 6.05. The number of aromatic nitrogens is 1. The highest BCUT2D eigenvalue weighted by Crippen LogP contribution is 2.35. The number of nitrogens with two attached hydrogens (primary N) is 1. The van der Waals surface area contributed by atoms with E-state index in [1.54, 1.807) is 6.07 Å². The zero-order chi connectivity index (χ0) is 21.2. The van der Waals surface area contributed by atoms with Crippen molar-refractivity contribution in [1.29, 1.82) is 5.26 Å². The van der Waals surface area contributed by atoms with Crippen molar-refractivity contribution in [3.8, 4) is 34.3 Å². The predicted molar refractivity (Wildman–Crippen MR) is 103 cm³/mol. The number of halogens is 2. The van der Waals surface area contributed by atoms with Gasteiger partial charge in [-0.3, -0.25) is 0 Å². The van der Waals surface area contributed by atoms with Crippen molar-refractivity contribution in [2.75, 3.05) is 7.11 Å². The number of sulfonamides is 1. The summed E-state index contributed by atoms with van der Waals surface area (Å²) in [7, 11) is -2.49. The fraction of sp³-hybridized carbons (Fsp3) is 0.100. The lowest BCUT2D eigenvalue weighted by atomic mass is 9.97. The summed E-state index contributed by atoms with van der Waals surface area (Å²) >= 11 is 0. The molecular weight excluding hydrogens is 400 g/mol. The molecule has 0 saturated heterocycles. The molecule has 0 aliphatic heterocycles. The number of hydrogen-bond acceptors (Lipinski definition) is 5. The van der Waals surface area contributed by atoms with E-state index in [9.17, 15) is 22.5 Å². The molecule has 2 N–H and O–H groups in total. The van der Waals surface area contributed by atoms with Crippen molar-refractivity contribution in [3.63, 3.8) is 0 Å². The Bertz CT molecular complexity index is 1190. The van der Waals surface area contributed by atoms with E-state index in [0.717, 1.165) is 0 Å². The second kappa shape index (κ2) is 7.95. The smallest absolute Gasteiger partial charge is 0.263 e. The summed E-state index contributed by atoms with van der Waals surface area (Å²) in [6, 6.07) is 14.9. The Morgan fingerprint density at radius 1 is 1.07 bits per heavy atom. The first-order valence-electron chi connectivity index (χ1n) is 8.25. The van der Waals surface area contributed by atoms with Gasteiger partial charge in [0.05, 0.1) is 17.7 Å². The normalized spacial score (nSPS) is 11.3. The minimum atomic E-state index is -3.86. The van der Waals surface area contributed by atoms with E-state index in [4.69, 9.17) is 9.88 Å². The van der Waals surface area contributed by atoms with E-state index in [2.05, 4.69) is 4.98 Å². The van der Waals surface area contributed by atoms with Crippen LogP contribution in [-0.2, 0) is 10.0 Å². The molecule has 0 atom stereocenters. The number of nitriles is 1. The van der Waals surface area contributed by atoms with Gasteiger partial charge >= 0.3 is 0 Å². The second-order valence-corrected chi connectivity index (χ2v) is 7.61. The molecule has 9 heteroatoms. The summed E-state index contributed by atoms with van der Waals surface area (Å²) < 4.78 is 53.9. The van der Waals surface area contributed by atoms with Gasteiger partial charge in [-0.1, -0.05) is 36.4 Å². The molecule has 0 bridgehead atoms. The van der Waals surface area contributed by atoms with E-state index >= 15 is 0 Å². The zero-order valence-electron chi connectivity index (χ0n) is 15.1. The minimum absolute atomic E-state index is 0.0638. The highest BCUT2D eigenvalue weighted by Gasteiger charge is 2.17. The molecule has 29 heavy (non-hydrogen) atoms. The van der Waals surface area contributed by atoms with Crippen molar-refractivity contribution in [2.24, 2.45) is 5.14 Å². The maximum absolute atomic E-state index is 12.9. The maximum atomic E-state index is 12.9. The Morgan fingerprint density at radius 2 is 1.66 bits per heavy atom. The van der Waals surface area contributed by atoms with Crippen LogP contribution in [0.5, 0.6) is 5.88 Å². The molecule has 0 radical (unpaired) electrons. The first kappa shape index (κ1) is 20.4. The van der Waals surface area contributed by atoms with Gasteiger partial charge in [0.1, 0.15) is 11.6 Å². The Kier molecular flexibility index (Phi) is 5.59. The molecule has 0 spiro atoms. The molecule has 1 aromatic heterocycles. The summed E-state index contributed by atoms with van der Waals surface area (Å²) in [5.74, 6) is 0.0883. The van der Waals surface area contributed by atoms with Gasteiger partial charge in [-0.2, -0.15) is 5.26 Å². The molecule has 3 aromatic rings. The molecule has 0 amide bonds. The fourth-order valence-electron chi connectivity index (χ4n) is 2.78. The van der Waals surface area contributed by atoms with E-state index in [1.807, 2.05) is 6.07 Å². The van der Waals surface area contributed by atoms with E-state index in [1.165, 1.54) is 55.6 Å². The van der Waals surface area contributed by atoms with Gasteiger partial charge in [0.15, 0.2) is 0 Å². The number of nitrogens with zero attached hydrogens (tertiary/aromatic N) is 2. The van der Waals surface area contributed by atoms with E-state index < -0.39 is 16.4 Å². The topological polar surface area (TPSA) is 106 Å². The van der Waals surface area contributed by atoms with Crippen molar-refractivity contribution in [3.05, 3.63) is 65.7 Å². The summed E-state index contributed by atoms with van der Waals surface area (Å²) in [6.45, 7) is 0. The molecule has 0 saturated carbocycles. The monoisotopic (exact) mass is 415 g/mol. The number of methoxy groups -OCH3 is 1. The Hall–Kier alpha value is -3.35. The van der Waals surface area contributed by atoms with Crippen molar-refractivity contribution in [2.45, 2.75) is 11.3 Å². The van der Waals surface area contributed by atoms with Crippen LogP contribution in [0, 0.1) is 11.3 Å². The zero-order valence-corrected chi connectivity index (χ0v) is 16.0. The molecule has 1 heterocycles. The van der Waals surface area contributed by atoms with Crippen LogP contribution in [0.15, 0.2) is 59.5 Å². The van der Waals surface area contributed by atoms with E-state index in [0.29, 0.717) is 22.4 Å². The van der Waals surface area contributed by atoms with Crippen LogP contribution in [-0.4, -0.2) is 20.5 Å². The van der Waals surface area contributed by atoms with E-state index in [-0.39, 0.29) is 21.9 Å². The van der Waals surface area contributed by atoms with Gasteiger partial charge in [0.25, 0.3) is 6.43 Å². The van der Waals surface area contributed by atoms with Crippen LogP contribution in [0.3, 0.4) is 0 Å².